The number of ether oxygens (including phenoxy) is 1. The second-order valence-corrected chi connectivity index (χ2v) is 6.70. The molecule has 0 unspecified atom stereocenters. The van der Waals surface area contributed by atoms with Crippen LogP contribution >= 0.6 is 0 Å². The summed E-state index contributed by atoms with van der Waals surface area (Å²) in [4.78, 5) is 12.4. The Morgan fingerprint density at radius 1 is 1.08 bits per heavy atom. The maximum absolute atomic E-state index is 13.3. The van der Waals surface area contributed by atoms with Gasteiger partial charge in [-0.3, -0.25) is 4.79 Å². The zero-order valence-corrected chi connectivity index (χ0v) is 14.3. The van der Waals surface area contributed by atoms with Crippen LogP contribution in [0.2, 0.25) is 0 Å². The van der Waals surface area contributed by atoms with Crippen LogP contribution in [0.4, 0.5) is 4.39 Å². The van der Waals surface area contributed by atoms with Gasteiger partial charge in [0.2, 0.25) is 5.91 Å². The summed E-state index contributed by atoms with van der Waals surface area (Å²) >= 11 is 0. The smallest absolute Gasteiger partial charge is 0.224 e. The Morgan fingerprint density at radius 2 is 1.92 bits per heavy atom. The van der Waals surface area contributed by atoms with Crippen LogP contribution in [0.25, 0.3) is 0 Å². The lowest BCUT2D eigenvalue weighted by atomic mass is 9.74. The fraction of sp³-hybridized carbons (Fsp3) is 0.381. The third kappa shape index (κ3) is 4.67. The fourth-order valence-electron chi connectivity index (χ4n) is 3.53. The zero-order valence-electron chi connectivity index (χ0n) is 14.3. The van der Waals surface area contributed by atoms with E-state index in [1.807, 2.05) is 18.2 Å². The van der Waals surface area contributed by atoms with Gasteiger partial charge in [0, 0.05) is 25.2 Å². The van der Waals surface area contributed by atoms with Gasteiger partial charge in [-0.05, 0) is 42.5 Å². The molecular formula is C21H24FNO2. The van der Waals surface area contributed by atoms with E-state index in [2.05, 4.69) is 17.4 Å². The number of hydrogen-bond acceptors (Lipinski definition) is 2. The number of carbonyl (C=O) groups is 1. The lowest BCUT2D eigenvalue weighted by Gasteiger charge is -2.33. The molecule has 1 heterocycles. The van der Waals surface area contributed by atoms with Crippen LogP contribution in [0.5, 0.6) is 0 Å². The van der Waals surface area contributed by atoms with Gasteiger partial charge < -0.3 is 10.1 Å². The lowest BCUT2D eigenvalue weighted by Crippen LogP contribution is -2.41. The summed E-state index contributed by atoms with van der Waals surface area (Å²) in [6.07, 6.45) is 3.04. The van der Waals surface area contributed by atoms with Crippen molar-refractivity contribution in [3.8, 4) is 0 Å². The van der Waals surface area contributed by atoms with E-state index in [-0.39, 0.29) is 23.6 Å². The maximum Gasteiger partial charge on any atom is 0.224 e. The van der Waals surface area contributed by atoms with Gasteiger partial charge in [-0.25, -0.2) is 4.39 Å². The molecule has 1 aliphatic rings. The molecule has 2 aromatic carbocycles. The van der Waals surface area contributed by atoms with Crippen molar-refractivity contribution in [2.75, 3.05) is 19.8 Å². The molecule has 1 N–H and O–H groups in total. The van der Waals surface area contributed by atoms with Gasteiger partial charge in [0.25, 0.3) is 0 Å². The van der Waals surface area contributed by atoms with Gasteiger partial charge in [-0.1, -0.05) is 42.5 Å². The lowest BCUT2D eigenvalue weighted by molar-refractivity contribution is -0.120. The minimum absolute atomic E-state index is 0.0777. The average molecular weight is 341 g/mol. The molecule has 1 saturated heterocycles. The van der Waals surface area contributed by atoms with E-state index in [1.165, 1.54) is 17.7 Å². The van der Waals surface area contributed by atoms with Crippen molar-refractivity contribution < 1.29 is 13.9 Å². The van der Waals surface area contributed by atoms with Crippen molar-refractivity contribution in [1.82, 2.24) is 5.32 Å². The molecule has 2 aromatic rings. The summed E-state index contributed by atoms with van der Waals surface area (Å²) in [5, 5.41) is 3.07. The number of carbonyl (C=O) groups excluding carboxylic acids is 1. The number of amides is 1. The first-order valence-corrected chi connectivity index (χ1v) is 8.82. The molecule has 1 aliphatic heterocycles. The monoisotopic (exact) mass is 341 g/mol. The number of rotatable bonds is 5. The number of nitrogens with one attached hydrogen (secondary N) is 1. The van der Waals surface area contributed by atoms with Gasteiger partial charge in [0.1, 0.15) is 5.82 Å². The Morgan fingerprint density at radius 3 is 2.72 bits per heavy atom. The number of benzene rings is 2. The molecule has 0 spiro atoms. The van der Waals surface area contributed by atoms with Crippen LogP contribution in [0.1, 0.15) is 30.4 Å². The highest BCUT2D eigenvalue weighted by Crippen LogP contribution is 2.34. The SMILES string of the molecule is O=C(Cc1cccc(F)c1)NC[C@@]1(c2ccccc2)CCCOCC1. The minimum atomic E-state index is -0.313. The van der Waals surface area contributed by atoms with E-state index in [0.29, 0.717) is 18.7 Å². The topological polar surface area (TPSA) is 38.3 Å². The Labute approximate surface area is 148 Å². The summed E-state index contributed by atoms with van der Waals surface area (Å²) in [5.74, 6) is -0.391. The third-order valence-electron chi connectivity index (χ3n) is 4.93. The Balaban J connectivity index is 1.69. The first-order valence-electron chi connectivity index (χ1n) is 8.82. The van der Waals surface area contributed by atoms with Crippen LogP contribution in [-0.2, 0) is 21.4 Å². The second-order valence-electron chi connectivity index (χ2n) is 6.70. The highest BCUT2D eigenvalue weighted by atomic mass is 19.1. The first-order chi connectivity index (χ1) is 12.2. The van der Waals surface area contributed by atoms with Crippen LogP contribution in [0, 0.1) is 5.82 Å². The van der Waals surface area contributed by atoms with E-state index < -0.39 is 0 Å². The Hall–Kier alpha value is -2.20. The van der Waals surface area contributed by atoms with Gasteiger partial charge in [-0.2, -0.15) is 0 Å². The first kappa shape index (κ1) is 17.6. The molecule has 3 rings (SSSR count). The quantitative estimate of drug-likeness (QED) is 0.902. The molecule has 0 radical (unpaired) electrons. The molecule has 25 heavy (non-hydrogen) atoms. The van der Waals surface area contributed by atoms with Gasteiger partial charge in [0.15, 0.2) is 0 Å². The van der Waals surface area contributed by atoms with Crippen molar-refractivity contribution >= 4 is 5.91 Å². The van der Waals surface area contributed by atoms with Crippen LogP contribution in [-0.4, -0.2) is 25.7 Å². The largest absolute Gasteiger partial charge is 0.381 e. The second kappa shape index (κ2) is 8.26. The van der Waals surface area contributed by atoms with E-state index in [4.69, 9.17) is 4.74 Å². The van der Waals surface area contributed by atoms with Gasteiger partial charge >= 0.3 is 0 Å². The third-order valence-corrected chi connectivity index (χ3v) is 4.93. The Kier molecular flexibility index (Phi) is 5.82. The van der Waals surface area contributed by atoms with Crippen LogP contribution in [0.3, 0.4) is 0 Å². The molecule has 132 valence electrons. The standard InChI is InChI=1S/C21H24FNO2/c22-19-9-4-6-17(14-19)15-20(24)23-16-21(10-5-12-25-13-11-21)18-7-2-1-3-8-18/h1-4,6-9,14H,5,10-13,15-16H2,(H,23,24)/t21-/m1/s1. The molecule has 4 heteroatoms. The van der Waals surface area contributed by atoms with Crippen molar-refractivity contribution in [3.63, 3.8) is 0 Å². The molecule has 1 atom stereocenters. The zero-order chi connectivity index (χ0) is 17.5. The molecule has 0 aliphatic carbocycles. The van der Waals surface area contributed by atoms with E-state index in [1.54, 1.807) is 12.1 Å². The predicted octanol–water partition coefficient (Wildman–Crippen LogP) is 3.62. The summed E-state index contributed by atoms with van der Waals surface area (Å²) < 4.78 is 18.9. The molecule has 1 amide bonds. The van der Waals surface area contributed by atoms with E-state index in [0.717, 1.165) is 25.9 Å². The van der Waals surface area contributed by atoms with Crippen molar-refractivity contribution in [2.45, 2.75) is 31.1 Å². The van der Waals surface area contributed by atoms with Crippen molar-refractivity contribution in [1.29, 1.82) is 0 Å². The molecule has 1 fully saturated rings. The molecule has 0 saturated carbocycles. The molecular weight excluding hydrogens is 317 g/mol. The summed E-state index contributed by atoms with van der Waals surface area (Å²) in [5.41, 5.74) is 1.83. The highest BCUT2D eigenvalue weighted by Gasteiger charge is 2.33. The molecule has 3 nitrogen and oxygen atoms in total. The predicted molar refractivity (Wildman–Crippen MR) is 95.9 cm³/mol. The normalized spacial score (nSPS) is 20.7. The van der Waals surface area contributed by atoms with Crippen LogP contribution in [0.15, 0.2) is 54.6 Å². The summed E-state index contributed by atoms with van der Waals surface area (Å²) in [6, 6.07) is 16.5. The van der Waals surface area contributed by atoms with Crippen molar-refractivity contribution in [2.24, 2.45) is 0 Å². The summed E-state index contributed by atoms with van der Waals surface area (Å²) in [7, 11) is 0. The van der Waals surface area contributed by atoms with Gasteiger partial charge in [0.05, 0.1) is 6.42 Å². The van der Waals surface area contributed by atoms with Gasteiger partial charge in [-0.15, -0.1) is 0 Å². The van der Waals surface area contributed by atoms with E-state index >= 15 is 0 Å². The maximum atomic E-state index is 13.3. The summed E-state index contributed by atoms with van der Waals surface area (Å²) in [6.45, 7) is 2.05. The number of halogens is 1. The highest BCUT2D eigenvalue weighted by molar-refractivity contribution is 5.78. The minimum Gasteiger partial charge on any atom is -0.381 e. The van der Waals surface area contributed by atoms with Crippen LogP contribution < -0.4 is 5.32 Å². The average Bonchev–Trinajstić information content (AvgIpc) is 2.87. The number of hydrogen-bond donors (Lipinski definition) is 1. The molecule has 0 bridgehead atoms. The van der Waals surface area contributed by atoms with E-state index in [9.17, 15) is 9.18 Å². The van der Waals surface area contributed by atoms with Crippen molar-refractivity contribution in [3.05, 3.63) is 71.5 Å². The fourth-order valence-corrected chi connectivity index (χ4v) is 3.53. The Bertz CT molecular complexity index is 694. The molecule has 0 aromatic heterocycles.